The van der Waals surface area contributed by atoms with Gasteiger partial charge in [-0.05, 0) is 38.3 Å². The van der Waals surface area contributed by atoms with Crippen molar-refractivity contribution in [2.45, 2.75) is 6.04 Å². The third-order valence-corrected chi connectivity index (χ3v) is 4.29. The van der Waals surface area contributed by atoms with Gasteiger partial charge in [0, 0.05) is 0 Å². The van der Waals surface area contributed by atoms with Gasteiger partial charge in [-0.2, -0.15) is 0 Å². The van der Waals surface area contributed by atoms with Crippen LogP contribution in [0.25, 0.3) is 10.8 Å². The molecule has 0 aliphatic heterocycles. The Morgan fingerprint density at radius 1 is 0.905 bits per heavy atom. The molecule has 0 heterocycles. The SMILES string of the molecule is NC(COc1ccc2ccccc2c1Br)c1ccccc1. The van der Waals surface area contributed by atoms with E-state index >= 15 is 0 Å². The summed E-state index contributed by atoms with van der Waals surface area (Å²) in [7, 11) is 0. The number of rotatable bonds is 4. The molecule has 1 atom stereocenters. The van der Waals surface area contributed by atoms with E-state index < -0.39 is 0 Å². The second-order valence-electron chi connectivity index (χ2n) is 4.93. The highest BCUT2D eigenvalue weighted by molar-refractivity contribution is 9.10. The first kappa shape index (κ1) is 14.1. The van der Waals surface area contributed by atoms with Gasteiger partial charge in [0.15, 0.2) is 0 Å². The van der Waals surface area contributed by atoms with Crippen LogP contribution in [0.4, 0.5) is 0 Å². The van der Waals surface area contributed by atoms with E-state index in [1.54, 1.807) is 0 Å². The van der Waals surface area contributed by atoms with Crippen molar-refractivity contribution in [3.63, 3.8) is 0 Å². The standard InChI is InChI=1S/C18H16BrNO/c19-18-15-9-5-4-6-13(15)10-11-17(18)21-12-16(20)14-7-2-1-3-8-14/h1-11,16H,12,20H2. The summed E-state index contributed by atoms with van der Waals surface area (Å²) >= 11 is 3.62. The average Bonchev–Trinajstić information content (AvgIpc) is 2.55. The van der Waals surface area contributed by atoms with Crippen molar-refractivity contribution < 1.29 is 4.74 Å². The molecule has 0 bridgehead atoms. The highest BCUT2D eigenvalue weighted by Crippen LogP contribution is 2.33. The van der Waals surface area contributed by atoms with Crippen molar-refractivity contribution in [2.75, 3.05) is 6.61 Å². The van der Waals surface area contributed by atoms with Gasteiger partial charge in [-0.1, -0.05) is 60.7 Å². The Balaban J connectivity index is 1.78. The lowest BCUT2D eigenvalue weighted by Gasteiger charge is -2.15. The zero-order valence-corrected chi connectivity index (χ0v) is 13.1. The maximum atomic E-state index is 6.17. The lowest BCUT2D eigenvalue weighted by atomic mass is 10.1. The van der Waals surface area contributed by atoms with Crippen LogP contribution in [0.3, 0.4) is 0 Å². The van der Waals surface area contributed by atoms with Gasteiger partial charge >= 0.3 is 0 Å². The first-order valence-electron chi connectivity index (χ1n) is 6.86. The van der Waals surface area contributed by atoms with Crippen LogP contribution in [0.5, 0.6) is 5.75 Å². The van der Waals surface area contributed by atoms with Crippen LogP contribution in [-0.4, -0.2) is 6.61 Å². The molecule has 0 radical (unpaired) electrons. The lowest BCUT2D eigenvalue weighted by Crippen LogP contribution is -2.19. The van der Waals surface area contributed by atoms with Crippen LogP contribution in [-0.2, 0) is 0 Å². The van der Waals surface area contributed by atoms with Gasteiger partial charge in [0.2, 0.25) is 0 Å². The van der Waals surface area contributed by atoms with Gasteiger partial charge < -0.3 is 10.5 Å². The summed E-state index contributed by atoms with van der Waals surface area (Å²) in [6, 6.07) is 22.1. The summed E-state index contributed by atoms with van der Waals surface area (Å²) in [5.41, 5.74) is 7.24. The van der Waals surface area contributed by atoms with E-state index in [9.17, 15) is 0 Å². The zero-order chi connectivity index (χ0) is 14.7. The maximum Gasteiger partial charge on any atom is 0.134 e. The number of ether oxygens (including phenoxy) is 1. The van der Waals surface area contributed by atoms with Crippen LogP contribution in [0.2, 0.25) is 0 Å². The summed E-state index contributed by atoms with van der Waals surface area (Å²) < 4.78 is 6.86. The van der Waals surface area contributed by atoms with Gasteiger partial charge in [0.1, 0.15) is 12.4 Å². The third-order valence-electron chi connectivity index (χ3n) is 3.47. The molecule has 106 valence electrons. The molecule has 2 N–H and O–H groups in total. The molecule has 0 aliphatic rings. The topological polar surface area (TPSA) is 35.2 Å². The van der Waals surface area contributed by atoms with E-state index in [0.717, 1.165) is 21.2 Å². The molecule has 3 heteroatoms. The molecule has 1 unspecified atom stereocenters. The second kappa shape index (κ2) is 6.29. The van der Waals surface area contributed by atoms with Crippen molar-refractivity contribution >= 4 is 26.7 Å². The summed E-state index contributed by atoms with van der Waals surface area (Å²) in [6.45, 7) is 0.445. The second-order valence-corrected chi connectivity index (χ2v) is 5.72. The fourth-order valence-electron chi connectivity index (χ4n) is 2.30. The molecule has 3 rings (SSSR count). The molecule has 0 fully saturated rings. The number of halogens is 1. The van der Waals surface area contributed by atoms with Crippen LogP contribution in [0.1, 0.15) is 11.6 Å². The molecule has 0 amide bonds. The minimum atomic E-state index is -0.135. The van der Waals surface area contributed by atoms with Crippen molar-refractivity contribution in [2.24, 2.45) is 5.73 Å². The van der Waals surface area contributed by atoms with Crippen LogP contribution >= 0.6 is 15.9 Å². The van der Waals surface area contributed by atoms with Crippen molar-refractivity contribution in [3.8, 4) is 5.75 Å². The number of benzene rings is 3. The minimum absolute atomic E-state index is 0.135. The first-order valence-corrected chi connectivity index (χ1v) is 7.65. The van der Waals surface area contributed by atoms with Crippen molar-refractivity contribution in [1.82, 2.24) is 0 Å². The molecule has 21 heavy (non-hydrogen) atoms. The van der Waals surface area contributed by atoms with Crippen molar-refractivity contribution in [1.29, 1.82) is 0 Å². The van der Waals surface area contributed by atoms with E-state index in [2.05, 4.69) is 34.1 Å². The number of hydrogen-bond acceptors (Lipinski definition) is 2. The normalized spacial score (nSPS) is 12.3. The fourth-order valence-corrected chi connectivity index (χ4v) is 2.91. The fraction of sp³-hybridized carbons (Fsp3) is 0.111. The number of fused-ring (bicyclic) bond motifs is 1. The smallest absolute Gasteiger partial charge is 0.134 e. The maximum absolute atomic E-state index is 6.17. The van der Waals surface area contributed by atoms with Gasteiger partial charge in [-0.15, -0.1) is 0 Å². The molecular formula is C18H16BrNO. The summed E-state index contributed by atoms with van der Waals surface area (Å²) in [5.74, 6) is 0.820. The summed E-state index contributed by atoms with van der Waals surface area (Å²) in [4.78, 5) is 0. The summed E-state index contributed by atoms with van der Waals surface area (Å²) in [6.07, 6.45) is 0. The summed E-state index contributed by atoms with van der Waals surface area (Å²) in [5, 5.41) is 2.33. The Hall–Kier alpha value is -1.84. The zero-order valence-electron chi connectivity index (χ0n) is 11.5. The predicted octanol–water partition coefficient (Wildman–Crippen LogP) is 4.68. The van der Waals surface area contributed by atoms with E-state index in [1.807, 2.05) is 48.5 Å². The number of nitrogens with two attached hydrogens (primary N) is 1. The Bertz CT molecular complexity index is 743. The van der Waals surface area contributed by atoms with E-state index in [0.29, 0.717) is 6.61 Å². The number of hydrogen-bond donors (Lipinski definition) is 1. The van der Waals surface area contributed by atoms with Gasteiger partial charge in [0.25, 0.3) is 0 Å². The first-order chi connectivity index (χ1) is 10.3. The molecule has 3 aromatic rings. The van der Waals surface area contributed by atoms with Crippen LogP contribution in [0, 0.1) is 0 Å². The van der Waals surface area contributed by atoms with E-state index in [-0.39, 0.29) is 6.04 Å². The van der Waals surface area contributed by atoms with E-state index in [4.69, 9.17) is 10.5 Å². The lowest BCUT2D eigenvalue weighted by molar-refractivity contribution is 0.289. The van der Waals surface area contributed by atoms with Gasteiger partial charge in [-0.3, -0.25) is 0 Å². The average molecular weight is 342 g/mol. The minimum Gasteiger partial charge on any atom is -0.490 e. The van der Waals surface area contributed by atoms with Gasteiger partial charge in [0.05, 0.1) is 10.5 Å². The Kier molecular flexibility index (Phi) is 4.23. The predicted molar refractivity (Wildman–Crippen MR) is 90.5 cm³/mol. The molecule has 2 nitrogen and oxygen atoms in total. The molecule has 0 saturated carbocycles. The van der Waals surface area contributed by atoms with Crippen LogP contribution < -0.4 is 10.5 Å². The van der Waals surface area contributed by atoms with Crippen LogP contribution in [0.15, 0.2) is 71.2 Å². The van der Waals surface area contributed by atoms with Gasteiger partial charge in [-0.25, -0.2) is 0 Å². The van der Waals surface area contributed by atoms with E-state index in [1.165, 1.54) is 5.39 Å². The Morgan fingerprint density at radius 2 is 1.62 bits per heavy atom. The molecule has 0 aromatic heterocycles. The van der Waals surface area contributed by atoms with Crippen molar-refractivity contribution in [3.05, 3.63) is 76.8 Å². The third kappa shape index (κ3) is 3.09. The Labute approximate surface area is 132 Å². The molecular weight excluding hydrogens is 326 g/mol. The monoisotopic (exact) mass is 341 g/mol. The highest BCUT2D eigenvalue weighted by Gasteiger charge is 2.09. The molecule has 0 aliphatic carbocycles. The Morgan fingerprint density at radius 3 is 2.43 bits per heavy atom. The molecule has 3 aromatic carbocycles. The largest absolute Gasteiger partial charge is 0.490 e. The quantitative estimate of drug-likeness (QED) is 0.747. The molecule has 0 spiro atoms. The molecule has 0 saturated heterocycles. The highest BCUT2D eigenvalue weighted by atomic mass is 79.9.